The van der Waals surface area contributed by atoms with Crippen molar-refractivity contribution in [3.05, 3.63) is 35.9 Å². The Hall–Kier alpha value is -2.37. The molecule has 0 aliphatic heterocycles. The molecule has 114 valence electrons. The van der Waals surface area contributed by atoms with Gasteiger partial charge >= 0.3 is 12.1 Å². The van der Waals surface area contributed by atoms with E-state index in [9.17, 15) is 14.4 Å². The van der Waals surface area contributed by atoms with Crippen LogP contribution in [0.1, 0.15) is 25.3 Å². The zero-order chi connectivity index (χ0) is 15.5. The highest BCUT2D eigenvalue weighted by molar-refractivity contribution is 5.73. The molecule has 0 aromatic heterocycles. The van der Waals surface area contributed by atoms with E-state index in [1.807, 2.05) is 30.3 Å². The summed E-state index contributed by atoms with van der Waals surface area (Å²) in [5, 5.41) is 2.48. The van der Waals surface area contributed by atoms with E-state index in [2.05, 4.69) is 5.32 Å². The third-order valence-corrected chi connectivity index (χ3v) is 2.63. The molecule has 0 radical (unpaired) electrons. The van der Waals surface area contributed by atoms with E-state index < -0.39 is 18.1 Å². The Morgan fingerprint density at radius 3 is 2.57 bits per heavy atom. The van der Waals surface area contributed by atoms with Gasteiger partial charge in [-0.05, 0) is 12.5 Å². The number of benzene rings is 1. The number of ether oxygens (including phenoxy) is 2. The first kappa shape index (κ1) is 16.7. The second-order valence-corrected chi connectivity index (χ2v) is 4.31. The van der Waals surface area contributed by atoms with Gasteiger partial charge in [-0.1, -0.05) is 30.3 Å². The molecule has 6 nitrogen and oxygen atoms in total. The van der Waals surface area contributed by atoms with Gasteiger partial charge in [0.1, 0.15) is 12.9 Å². The molecule has 0 unspecified atom stereocenters. The summed E-state index contributed by atoms with van der Waals surface area (Å²) < 4.78 is 9.81. The molecule has 0 fully saturated rings. The topological polar surface area (TPSA) is 81.7 Å². The first-order chi connectivity index (χ1) is 10.2. The lowest BCUT2D eigenvalue weighted by atomic mass is 10.1. The van der Waals surface area contributed by atoms with Crippen LogP contribution in [-0.2, 0) is 25.7 Å². The number of aldehydes is 1. The summed E-state index contributed by atoms with van der Waals surface area (Å²) in [6, 6.07) is 8.58. The molecule has 0 spiro atoms. The van der Waals surface area contributed by atoms with E-state index >= 15 is 0 Å². The van der Waals surface area contributed by atoms with Crippen LogP contribution in [0.25, 0.3) is 0 Å². The maximum absolute atomic E-state index is 11.6. The fourth-order valence-corrected chi connectivity index (χ4v) is 1.66. The molecule has 0 saturated carbocycles. The first-order valence-corrected chi connectivity index (χ1v) is 6.72. The maximum Gasteiger partial charge on any atom is 0.407 e. The van der Waals surface area contributed by atoms with Crippen molar-refractivity contribution >= 4 is 18.3 Å². The summed E-state index contributed by atoms with van der Waals surface area (Å²) in [4.78, 5) is 33.6. The molecule has 1 atom stereocenters. The summed E-state index contributed by atoms with van der Waals surface area (Å²) in [5.41, 5.74) is 0.852. The number of amides is 1. The van der Waals surface area contributed by atoms with Crippen molar-refractivity contribution in [3.63, 3.8) is 0 Å². The first-order valence-electron chi connectivity index (χ1n) is 6.72. The van der Waals surface area contributed by atoms with Crippen molar-refractivity contribution in [2.75, 3.05) is 6.61 Å². The minimum atomic E-state index is -0.671. The molecule has 0 aliphatic rings. The molecule has 1 amide bonds. The van der Waals surface area contributed by atoms with Gasteiger partial charge in [0, 0.05) is 12.5 Å². The van der Waals surface area contributed by atoms with Gasteiger partial charge in [-0.3, -0.25) is 4.79 Å². The summed E-state index contributed by atoms with van der Waals surface area (Å²) in [7, 11) is 0. The molecular formula is C15H19NO5. The highest BCUT2D eigenvalue weighted by Crippen LogP contribution is 2.03. The Labute approximate surface area is 123 Å². The summed E-state index contributed by atoms with van der Waals surface area (Å²) in [6.45, 7) is 2.07. The third-order valence-electron chi connectivity index (χ3n) is 2.63. The van der Waals surface area contributed by atoms with Gasteiger partial charge in [-0.2, -0.15) is 0 Å². The van der Waals surface area contributed by atoms with Crippen molar-refractivity contribution in [2.24, 2.45) is 0 Å². The van der Waals surface area contributed by atoms with Crippen LogP contribution in [0.2, 0.25) is 0 Å². The fourth-order valence-electron chi connectivity index (χ4n) is 1.66. The average Bonchev–Trinajstić information content (AvgIpc) is 2.46. The normalized spacial score (nSPS) is 11.3. The van der Waals surface area contributed by atoms with Gasteiger partial charge in [0.05, 0.1) is 13.0 Å². The standard InChI is InChI=1S/C15H19NO5/c1-2-20-14(18)10-13(8-9-17)16-15(19)21-11-12-6-4-3-5-7-12/h3-7,9,13H,2,8,10-11H2,1H3,(H,16,19)/t13-/m0/s1. The Bertz CT molecular complexity index is 460. The van der Waals surface area contributed by atoms with E-state index in [-0.39, 0.29) is 26.1 Å². The van der Waals surface area contributed by atoms with Crippen LogP contribution >= 0.6 is 0 Å². The van der Waals surface area contributed by atoms with Crippen LogP contribution in [0, 0.1) is 0 Å². The van der Waals surface area contributed by atoms with Gasteiger partial charge in [-0.25, -0.2) is 4.79 Å². The lowest BCUT2D eigenvalue weighted by Crippen LogP contribution is -2.37. The summed E-state index contributed by atoms with van der Waals surface area (Å²) >= 11 is 0. The van der Waals surface area contributed by atoms with Crippen molar-refractivity contribution in [1.29, 1.82) is 0 Å². The smallest absolute Gasteiger partial charge is 0.407 e. The second kappa shape index (κ2) is 9.52. The molecule has 0 bridgehead atoms. The molecule has 0 aliphatic carbocycles. The average molecular weight is 293 g/mol. The quantitative estimate of drug-likeness (QED) is 0.584. The summed E-state index contributed by atoms with van der Waals surface area (Å²) in [6.07, 6.45) is -0.0665. The van der Waals surface area contributed by atoms with E-state index in [0.717, 1.165) is 5.56 Å². The van der Waals surface area contributed by atoms with Crippen LogP contribution in [0.5, 0.6) is 0 Å². The minimum Gasteiger partial charge on any atom is -0.466 e. The maximum atomic E-state index is 11.6. The van der Waals surface area contributed by atoms with Crippen LogP contribution in [0.15, 0.2) is 30.3 Å². The predicted molar refractivity (Wildman–Crippen MR) is 75.5 cm³/mol. The Morgan fingerprint density at radius 1 is 1.24 bits per heavy atom. The SMILES string of the molecule is CCOC(=O)C[C@H](CC=O)NC(=O)OCc1ccccc1. The number of hydrogen-bond donors (Lipinski definition) is 1. The highest BCUT2D eigenvalue weighted by Gasteiger charge is 2.17. The number of esters is 1. The molecule has 1 aromatic carbocycles. The lowest BCUT2D eigenvalue weighted by Gasteiger charge is -2.15. The van der Waals surface area contributed by atoms with Crippen molar-refractivity contribution < 1.29 is 23.9 Å². The van der Waals surface area contributed by atoms with E-state index in [1.54, 1.807) is 6.92 Å². The largest absolute Gasteiger partial charge is 0.466 e. The molecule has 21 heavy (non-hydrogen) atoms. The van der Waals surface area contributed by atoms with Gasteiger partial charge in [-0.15, -0.1) is 0 Å². The van der Waals surface area contributed by atoms with E-state index in [0.29, 0.717) is 6.29 Å². The Morgan fingerprint density at radius 2 is 1.95 bits per heavy atom. The van der Waals surface area contributed by atoms with Crippen LogP contribution in [-0.4, -0.2) is 31.0 Å². The van der Waals surface area contributed by atoms with E-state index in [1.165, 1.54) is 0 Å². The number of rotatable bonds is 8. The highest BCUT2D eigenvalue weighted by atomic mass is 16.5. The van der Waals surface area contributed by atoms with Gasteiger partial charge in [0.15, 0.2) is 0 Å². The van der Waals surface area contributed by atoms with Gasteiger partial charge in [0.2, 0.25) is 0 Å². The van der Waals surface area contributed by atoms with E-state index in [4.69, 9.17) is 9.47 Å². The van der Waals surface area contributed by atoms with Crippen molar-refractivity contribution in [2.45, 2.75) is 32.4 Å². The molecule has 6 heteroatoms. The Balaban J connectivity index is 2.41. The molecular weight excluding hydrogens is 274 g/mol. The number of alkyl carbamates (subject to hydrolysis) is 1. The number of carbonyl (C=O) groups excluding carboxylic acids is 3. The lowest BCUT2D eigenvalue weighted by molar-refractivity contribution is -0.143. The molecule has 0 heterocycles. The molecule has 0 saturated heterocycles. The summed E-state index contributed by atoms with van der Waals surface area (Å²) in [5.74, 6) is -0.465. The van der Waals surface area contributed by atoms with Gasteiger partial charge in [0.25, 0.3) is 0 Å². The fraction of sp³-hybridized carbons (Fsp3) is 0.400. The zero-order valence-electron chi connectivity index (χ0n) is 11.9. The molecule has 1 aromatic rings. The number of carbonyl (C=O) groups is 3. The predicted octanol–water partition coefficient (Wildman–Crippen LogP) is 1.82. The van der Waals surface area contributed by atoms with Crippen molar-refractivity contribution in [3.8, 4) is 0 Å². The second-order valence-electron chi connectivity index (χ2n) is 4.31. The number of hydrogen-bond acceptors (Lipinski definition) is 5. The van der Waals surface area contributed by atoms with Gasteiger partial charge < -0.3 is 19.6 Å². The molecule has 1 rings (SSSR count). The molecule has 1 N–H and O–H groups in total. The minimum absolute atomic E-state index is 0.0270. The van der Waals surface area contributed by atoms with Crippen LogP contribution in [0.4, 0.5) is 4.79 Å². The number of nitrogens with one attached hydrogen (secondary N) is 1. The van der Waals surface area contributed by atoms with Crippen LogP contribution < -0.4 is 5.32 Å². The third kappa shape index (κ3) is 7.10. The monoisotopic (exact) mass is 293 g/mol. The van der Waals surface area contributed by atoms with Crippen molar-refractivity contribution in [1.82, 2.24) is 5.32 Å². The van der Waals surface area contributed by atoms with Crippen LogP contribution in [0.3, 0.4) is 0 Å². The Kier molecular flexibility index (Phi) is 7.56. The zero-order valence-corrected chi connectivity index (χ0v) is 11.9.